The minimum absolute atomic E-state index is 0.337. The maximum atomic E-state index is 11.2. The molecule has 3 heterocycles. The third kappa shape index (κ3) is 3.16. The summed E-state index contributed by atoms with van der Waals surface area (Å²) in [6.45, 7) is 4.27. The Labute approximate surface area is 165 Å². The zero-order valence-corrected chi connectivity index (χ0v) is 16.3. The highest BCUT2D eigenvalue weighted by molar-refractivity contribution is 7.16. The van der Waals surface area contributed by atoms with Crippen LogP contribution in [0.5, 0.6) is 0 Å². The number of aromatic nitrogens is 3. The smallest absolute Gasteiger partial charge is 0.388 e. The van der Waals surface area contributed by atoms with Gasteiger partial charge in [-0.15, -0.1) is 16.4 Å². The zero-order valence-electron chi connectivity index (χ0n) is 15.5. The van der Waals surface area contributed by atoms with E-state index in [1.807, 2.05) is 11.6 Å². The SMILES string of the molecule is CC(c1ccc2scnc2c1)N1CCc2ccc(-c3n[nH]c(=O)o3)cc2CC1. The lowest BCUT2D eigenvalue weighted by atomic mass is 10.00. The minimum Gasteiger partial charge on any atom is -0.388 e. The maximum Gasteiger partial charge on any atom is 0.434 e. The molecule has 0 amide bonds. The molecule has 28 heavy (non-hydrogen) atoms. The molecular weight excluding hydrogens is 372 g/mol. The van der Waals surface area contributed by atoms with Crippen LogP contribution in [0.25, 0.3) is 21.7 Å². The molecule has 7 heteroatoms. The second kappa shape index (κ2) is 7.00. The second-order valence-corrected chi connectivity index (χ2v) is 8.08. The lowest BCUT2D eigenvalue weighted by molar-refractivity contribution is 0.221. The summed E-state index contributed by atoms with van der Waals surface area (Å²) >= 11 is 1.68. The van der Waals surface area contributed by atoms with Gasteiger partial charge in [0.25, 0.3) is 0 Å². The Morgan fingerprint density at radius 1 is 1.14 bits per heavy atom. The van der Waals surface area contributed by atoms with E-state index in [0.29, 0.717) is 11.9 Å². The van der Waals surface area contributed by atoms with Gasteiger partial charge in [-0.1, -0.05) is 12.1 Å². The molecule has 1 atom stereocenters. The first kappa shape index (κ1) is 17.3. The molecule has 1 N–H and O–H groups in total. The molecule has 6 nitrogen and oxygen atoms in total. The van der Waals surface area contributed by atoms with Crippen LogP contribution in [0.1, 0.15) is 29.7 Å². The number of nitrogens with one attached hydrogen (secondary N) is 1. The largest absolute Gasteiger partial charge is 0.434 e. The van der Waals surface area contributed by atoms with E-state index < -0.39 is 5.76 Å². The first-order chi connectivity index (χ1) is 13.7. The van der Waals surface area contributed by atoms with Crippen molar-refractivity contribution >= 4 is 21.6 Å². The molecule has 1 unspecified atom stereocenters. The van der Waals surface area contributed by atoms with Crippen LogP contribution in [0.2, 0.25) is 0 Å². The average Bonchev–Trinajstić information content (AvgIpc) is 3.30. The number of benzene rings is 2. The first-order valence-electron chi connectivity index (χ1n) is 9.42. The van der Waals surface area contributed by atoms with Gasteiger partial charge in [0, 0.05) is 24.7 Å². The number of hydrogen-bond acceptors (Lipinski definition) is 6. The number of hydrogen-bond donors (Lipinski definition) is 1. The summed E-state index contributed by atoms with van der Waals surface area (Å²) in [6.07, 6.45) is 1.96. The molecule has 2 aromatic carbocycles. The molecule has 1 aliphatic rings. The van der Waals surface area contributed by atoms with E-state index in [4.69, 9.17) is 4.42 Å². The Morgan fingerprint density at radius 2 is 2.00 bits per heavy atom. The Bertz CT molecular complexity index is 1190. The lowest BCUT2D eigenvalue weighted by Gasteiger charge is -2.28. The molecule has 1 aliphatic heterocycles. The van der Waals surface area contributed by atoms with E-state index in [2.05, 4.69) is 57.3 Å². The highest BCUT2D eigenvalue weighted by Crippen LogP contribution is 2.29. The topological polar surface area (TPSA) is 75.0 Å². The molecule has 0 bridgehead atoms. The van der Waals surface area contributed by atoms with Crippen molar-refractivity contribution in [2.45, 2.75) is 25.8 Å². The van der Waals surface area contributed by atoms with Gasteiger partial charge >= 0.3 is 5.76 Å². The Kier molecular flexibility index (Phi) is 4.33. The normalized spacial score (nSPS) is 16.0. The van der Waals surface area contributed by atoms with Crippen LogP contribution in [0, 0.1) is 0 Å². The predicted molar refractivity (Wildman–Crippen MR) is 110 cm³/mol. The van der Waals surface area contributed by atoms with Crippen LogP contribution in [-0.4, -0.2) is 33.2 Å². The summed E-state index contributed by atoms with van der Waals surface area (Å²) in [7, 11) is 0. The minimum atomic E-state index is -0.526. The van der Waals surface area contributed by atoms with Gasteiger partial charge in [-0.25, -0.2) is 14.9 Å². The summed E-state index contributed by atoms with van der Waals surface area (Å²) in [5, 5.41) is 6.27. The molecule has 142 valence electrons. The first-order valence-corrected chi connectivity index (χ1v) is 10.3. The van der Waals surface area contributed by atoms with Crippen molar-refractivity contribution in [3.63, 3.8) is 0 Å². The quantitative estimate of drug-likeness (QED) is 0.574. The summed E-state index contributed by atoms with van der Waals surface area (Å²) in [6, 6.07) is 13.2. The Balaban J connectivity index is 1.37. The standard InChI is InChI=1S/C21H20N4O2S/c1-13(15-4-5-19-18(11-15)22-12-28-19)25-8-6-14-2-3-17(10-16(14)7-9-25)20-23-24-21(26)27-20/h2-5,10-13H,6-9H2,1H3,(H,24,26). The second-order valence-electron chi connectivity index (χ2n) is 7.19. The molecular formula is C21H20N4O2S. The van der Waals surface area contributed by atoms with Gasteiger partial charge in [-0.05, 0) is 60.7 Å². The van der Waals surface area contributed by atoms with Crippen LogP contribution in [0.3, 0.4) is 0 Å². The van der Waals surface area contributed by atoms with E-state index in [1.54, 1.807) is 11.3 Å². The lowest BCUT2D eigenvalue weighted by Crippen LogP contribution is -2.29. The van der Waals surface area contributed by atoms with Gasteiger partial charge in [0.05, 0.1) is 15.7 Å². The monoisotopic (exact) mass is 392 g/mol. The number of nitrogens with zero attached hydrogens (tertiary/aromatic N) is 3. The van der Waals surface area contributed by atoms with Gasteiger partial charge in [-0.2, -0.15) is 0 Å². The van der Waals surface area contributed by atoms with Crippen molar-refractivity contribution in [1.82, 2.24) is 20.1 Å². The van der Waals surface area contributed by atoms with Crippen LogP contribution in [0.15, 0.2) is 51.1 Å². The Morgan fingerprint density at radius 3 is 2.82 bits per heavy atom. The zero-order chi connectivity index (χ0) is 19.1. The molecule has 0 spiro atoms. The average molecular weight is 392 g/mol. The summed E-state index contributed by atoms with van der Waals surface area (Å²) < 4.78 is 6.33. The summed E-state index contributed by atoms with van der Waals surface area (Å²) in [5.41, 5.74) is 7.79. The van der Waals surface area contributed by atoms with Crippen LogP contribution in [-0.2, 0) is 12.8 Å². The highest BCUT2D eigenvalue weighted by atomic mass is 32.1. The molecule has 5 rings (SSSR count). The number of H-pyrrole nitrogens is 1. The fourth-order valence-corrected chi connectivity index (χ4v) is 4.62. The Hall–Kier alpha value is -2.77. The van der Waals surface area contributed by atoms with Gasteiger partial charge in [0.1, 0.15) is 0 Å². The van der Waals surface area contributed by atoms with E-state index in [1.165, 1.54) is 21.4 Å². The van der Waals surface area contributed by atoms with Gasteiger partial charge < -0.3 is 4.42 Å². The third-order valence-corrected chi connectivity index (χ3v) is 6.42. The van der Waals surface area contributed by atoms with E-state index in [-0.39, 0.29) is 0 Å². The van der Waals surface area contributed by atoms with Crippen LogP contribution < -0.4 is 5.76 Å². The van der Waals surface area contributed by atoms with Crippen molar-refractivity contribution in [1.29, 1.82) is 0 Å². The van der Waals surface area contributed by atoms with Gasteiger partial charge in [0.15, 0.2) is 0 Å². The van der Waals surface area contributed by atoms with Crippen molar-refractivity contribution < 1.29 is 4.42 Å². The predicted octanol–water partition coefficient (Wildman–Crippen LogP) is 3.80. The molecule has 0 radical (unpaired) electrons. The fraction of sp³-hybridized carbons (Fsp3) is 0.286. The fourth-order valence-electron chi connectivity index (χ4n) is 3.96. The number of aromatic amines is 1. The number of thiazole rings is 1. The van der Waals surface area contributed by atoms with E-state index >= 15 is 0 Å². The van der Waals surface area contributed by atoms with Crippen molar-refractivity contribution in [2.24, 2.45) is 0 Å². The van der Waals surface area contributed by atoms with Gasteiger partial charge in [0.2, 0.25) is 5.89 Å². The van der Waals surface area contributed by atoms with Crippen LogP contribution in [0.4, 0.5) is 0 Å². The van der Waals surface area contributed by atoms with Crippen molar-refractivity contribution in [2.75, 3.05) is 13.1 Å². The molecule has 2 aromatic heterocycles. The molecule has 0 saturated heterocycles. The summed E-state index contributed by atoms with van der Waals surface area (Å²) in [5.74, 6) is -0.180. The third-order valence-electron chi connectivity index (χ3n) is 5.61. The number of fused-ring (bicyclic) bond motifs is 2. The van der Waals surface area contributed by atoms with E-state index in [9.17, 15) is 4.79 Å². The van der Waals surface area contributed by atoms with Crippen LogP contribution >= 0.6 is 11.3 Å². The molecule has 0 saturated carbocycles. The van der Waals surface area contributed by atoms with Gasteiger partial charge in [-0.3, -0.25) is 4.90 Å². The molecule has 0 aliphatic carbocycles. The van der Waals surface area contributed by atoms with E-state index in [0.717, 1.165) is 37.0 Å². The van der Waals surface area contributed by atoms with Crippen molar-refractivity contribution in [3.05, 3.63) is 69.1 Å². The number of rotatable bonds is 3. The molecule has 0 fully saturated rings. The summed E-state index contributed by atoms with van der Waals surface area (Å²) in [4.78, 5) is 18.2. The van der Waals surface area contributed by atoms with Crippen molar-refractivity contribution in [3.8, 4) is 11.5 Å². The maximum absolute atomic E-state index is 11.2. The highest BCUT2D eigenvalue weighted by Gasteiger charge is 2.21. The molecule has 4 aromatic rings.